The summed E-state index contributed by atoms with van der Waals surface area (Å²) in [6.07, 6.45) is 1.64. The van der Waals surface area contributed by atoms with Gasteiger partial charge in [0.05, 0.1) is 17.8 Å². The standard InChI is InChI=1S/C20H17BrF2N2O2/c1-12(13-4-2-5-14(21)10-13)25-18(26)8-9-19-24-11-17(27-19)20-15(22)6-3-7-16(20)23/h2-7,10-12H,8-9H2,1H3,(H,25,26)/t12-/m1/s1. The van der Waals surface area contributed by atoms with Gasteiger partial charge in [-0.15, -0.1) is 0 Å². The molecule has 0 bridgehead atoms. The molecule has 1 N–H and O–H groups in total. The van der Waals surface area contributed by atoms with E-state index in [1.165, 1.54) is 12.3 Å². The predicted octanol–water partition coefficient (Wildman–Crippen LogP) is 5.19. The zero-order valence-corrected chi connectivity index (χ0v) is 16.1. The van der Waals surface area contributed by atoms with E-state index in [9.17, 15) is 13.6 Å². The molecule has 1 heterocycles. The Bertz CT molecular complexity index is 938. The van der Waals surface area contributed by atoms with Crippen molar-refractivity contribution in [2.75, 3.05) is 0 Å². The van der Waals surface area contributed by atoms with Crippen LogP contribution in [-0.4, -0.2) is 10.9 Å². The lowest BCUT2D eigenvalue weighted by Crippen LogP contribution is -2.26. The fourth-order valence-electron chi connectivity index (χ4n) is 2.67. The van der Waals surface area contributed by atoms with Crippen molar-refractivity contribution in [1.29, 1.82) is 0 Å². The number of rotatable bonds is 6. The molecule has 0 fully saturated rings. The minimum absolute atomic E-state index is 0.00325. The van der Waals surface area contributed by atoms with Gasteiger partial charge in [-0.1, -0.05) is 34.1 Å². The molecule has 1 amide bonds. The zero-order chi connectivity index (χ0) is 19.4. The molecule has 3 rings (SSSR count). The van der Waals surface area contributed by atoms with Crippen LogP contribution in [0.4, 0.5) is 8.78 Å². The maximum Gasteiger partial charge on any atom is 0.220 e. The Hall–Kier alpha value is -2.54. The number of aryl methyl sites for hydroxylation is 1. The topological polar surface area (TPSA) is 55.1 Å². The van der Waals surface area contributed by atoms with Crippen molar-refractivity contribution in [2.24, 2.45) is 0 Å². The summed E-state index contributed by atoms with van der Waals surface area (Å²) >= 11 is 3.40. The predicted molar refractivity (Wildman–Crippen MR) is 101 cm³/mol. The molecule has 0 unspecified atom stereocenters. The summed E-state index contributed by atoms with van der Waals surface area (Å²) in [6, 6.07) is 11.1. The van der Waals surface area contributed by atoms with E-state index in [1.807, 2.05) is 31.2 Å². The average molecular weight is 435 g/mol. The Labute approximate surface area is 163 Å². The van der Waals surface area contributed by atoms with Crippen molar-refractivity contribution < 1.29 is 18.0 Å². The molecule has 0 saturated heterocycles. The largest absolute Gasteiger partial charge is 0.441 e. The number of carbonyl (C=O) groups excluding carboxylic acids is 1. The monoisotopic (exact) mass is 434 g/mol. The second-order valence-electron chi connectivity index (χ2n) is 6.06. The Morgan fingerprint density at radius 2 is 1.93 bits per heavy atom. The van der Waals surface area contributed by atoms with Crippen LogP contribution in [0.5, 0.6) is 0 Å². The van der Waals surface area contributed by atoms with Crippen LogP contribution in [0.25, 0.3) is 11.3 Å². The van der Waals surface area contributed by atoms with Crippen molar-refractivity contribution in [2.45, 2.75) is 25.8 Å². The van der Waals surface area contributed by atoms with Crippen LogP contribution < -0.4 is 5.32 Å². The van der Waals surface area contributed by atoms with Gasteiger partial charge in [0, 0.05) is 17.3 Å². The van der Waals surface area contributed by atoms with Crippen LogP contribution in [0.2, 0.25) is 0 Å². The maximum absolute atomic E-state index is 13.8. The highest BCUT2D eigenvalue weighted by atomic mass is 79.9. The zero-order valence-electron chi connectivity index (χ0n) is 14.5. The number of nitrogens with zero attached hydrogens (tertiary/aromatic N) is 1. The maximum atomic E-state index is 13.8. The molecule has 7 heteroatoms. The first-order valence-corrected chi connectivity index (χ1v) is 9.17. The van der Waals surface area contributed by atoms with Gasteiger partial charge < -0.3 is 9.73 Å². The summed E-state index contributed by atoms with van der Waals surface area (Å²) in [7, 11) is 0. The van der Waals surface area contributed by atoms with Crippen LogP contribution in [0, 0.1) is 11.6 Å². The molecule has 0 aliphatic heterocycles. The first-order valence-electron chi connectivity index (χ1n) is 8.38. The lowest BCUT2D eigenvalue weighted by Gasteiger charge is -2.14. The smallest absolute Gasteiger partial charge is 0.220 e. The lowest BCUT2D eigenvalue weighted by molar-refractivity contribution is -0.121. The van der Waals surface area contributed by atoms with Gasteiger partial charge in [0.1, 0.15) is 11.6 Å². The molecule has 0 aliphatic rings. The van der Waals surface area contributed by atoms with Gasteiger partial charge in [-0.2, -0.15) is 0 Å². The number of carbonyl (C=O) groups is 1. The first kappa shape index (κ1) is 19.2. The Morgan fingerprint density at radius 1 is 1.22 bits per heavy atom. The number of hydrogen-bond acceptors (Lipinski definition) is 3. The lowest BCUT2D eigenvalue weighted by atomic mass is 10.1. The van der Waals surface area contributed by atoms with E-state index in [0.717, 1.165) is 22.2 Å². The molecule has 1 aromatic heterocycles. The van der Waals surface area contributed by atoms with E-state index >= 15 is 0 Å². The van der Waals surface area contributed by atoms with E-state index in [4.69, 9.17) is 4.42 Å². The van der Waals surface area contributed by atoms with Gasteiger partial charge in [0.2, 0.25) is 5.91 Å². The molecule has 3 aromatic rings. The van der Waals surface area contributed by atoms with Crippen LogP contribution >= 0.6 is 15.9 Å². The van der Waals surface area contributed by atoms with Crippen molar-refractivity contribution in [3.8, 4) is 11.3 Å². The van der Waals surface area contributed by atoms with Gasteiger partial charge in [0.25, 0.3) is 0 Å². The summed E-state index contributed by atoms with van der Waals surface area (Å²) in [5, 5.41) is 2.90. The van der Waals surface area contributed by atoms with E-state index in [0.29, 0.717) is 0 Å². The average Bonchev–Trinajstić information content (AvgIpc) is 3.08. The molecule has 0 aliphatic carbocycles. The summed E-state index contributed by atoms with van der Waals surface area (Å²) in [5.41, 5.74) is 0.718. The molecule has 1 atom stereocenters. The molecule has 0 radical (unpaired) electrons. The number of amides is 1. The van der Waals surface area contributed by atoms with E-state index in [1.54, 1.807) is 0 Å². The third-order valence-electron chi connectivity index (χ3n) is 4.05. The summed E-state index contributed by atoms with van der Waals surface area (Å²) in [5.74, 6) is -1.36. The third-order valence-corrected chi connectivity index (χ3v) is 4.55. The molecule has 2 aromatic carbocycles. The molecular formula is C20H17BrF2N2O2. The normalized spacial score (nSPS) is 12.0. The Balaban J connectivity index is 1.59. The molecule has 140 valence electrons. The van der Waals surface area contributed by atoms with Crippen LogP contribution in [-0.2, 0) is 11.2 Å². The highest BCUT2D eigenvalue weighted by Crippen LogP contribution is 2.26. The van der Waals surface area contributed by atoms with Crippen LogP contribution in [0.1, 0.15) is 30.8 Å². The van der Waals surface area contributed by atoms with Gasteiger partial charge in [-0.25, -0.2) is 13.8 Å². The van der Waals surface area contributed by atoms with Crippen LogP contribution in [0.15, 0.2) is 57.6 Å². The SMILES string of the molecule is C[C@@H](NC(=O)CCc1ncc(-c2c(F)cccc2F)o1)c1cccc(Br)c1. The van der Waals surface area contributed by atoms with Crippen molar-refractivity contribution in [1.82, 2.24) is 10.3 Å². The summed E-state index contributed by atoms with van der Waals surface area (Å²) < 4.78 is 33.9. The third kappa shape index (κ3) is 4.80. The number of nitrogens with one attached hydrogen (secondary N) is 1. The number of benzene rings is 2. The quantitative estimate of drug-likeness (QED) is 0.580. The second kappa shape index (κ2) is 8.43. The Morgan fingerprint density at radius 3 is 2.63 bits per heavy atom. The minimum Gasteiger partial charge on any atom is -0.441 e. The fourth-order valence-corrected chi connectivity index (χ4v) is 3.08. The first-order chi connectivity index (χ1) is 12.9. The molecule has 27 heavy (non-hydrogen) atoms. The molecule has 0 spiro atoms. The van der Waals surface area contributed by atoms with E-state index in [2.05, 4.69) is 26.2 Å². The highest BCUT2D eigenvalue weighted by molar-refractivity contribution is 9.10. The molecular weight excluding hydrogens is 418 g/mol. The van der Waals surface area contributed by atoms with Gasteiger partial charge in [-0.3, -0.25) is 4.79 Å². The van der Waals surface area contributed by atoms with E-state index in [-0.39, 0.29) is 42.0 Å². The molecule has 4 nitrogen and oxygen atoms in total. The number of aromatic nitrogens is 1. The van der Waals surface area contributed by atoms with Crippen molar-refractivity contribution >= 4 is 21.8 Å². The van der Waals surface area contributed by atoms with E-state index < -0.39 is 11.6 Å². The van der Waals surface area contributed by atoms with Crippen molar-refractivity contribution in [3.05, 3.63) is 76.2 Å². The number of halogens is 3. The van der Waals surface area contributed by atoms with Gasteiger partial charge in [-0.05, 0) is 36.8 Å². The number of hydrogen-bond donors (Lipinski definition) is 1. The second-order valence-corrected chi connectivity index (χ2v) is 6.97. The summed E-state index contributed by atoms with van der Waals surface area (Å²) in [4.78, 5) is 16.2. The number of oxazole rings is 1. The van der Waals surface area contributed by atoms with Crippen molar-refractivity contribution in [3.63, 3.8) is 0 Å². The van der Waals surface area contributed by atoms with Gasteiger partial charge >= 0.3 is 0 Å². The summed E-state index contributed by atoms with van der Waals surface area (Å²) in [6.45, 7) is 1.89. The van der Waals surface area contributed by atoms with Crippen LogP contribution in [0.3, 0.4) is 0 Å². The van der Waals surface area contributed by atoms with Gasteiger partial charge in [0.15, 0.2) is 11.7 Å². The highest BCUT2D eigenvalue weighted by Gasteiger charge is 2.17. The minimum atomic E-state index is -0.724. The Kier molecular flexibility index (Phi) is 6.01. The fraction of sp³-hybridized carbons (Fsp3) is 0.200. The molecule has 0 saturated carbocycles.